The highest BCUT2D eigenvalue weighted by Gasteiger charge is 2.40. The number of hydrogen-bond donors (Lipinski definition) is 0. The molecule has 28 heavy (non-hydrogen) atoms. The first-order valence-electron chi connectivity index (χ1n) is 10.2. The molecule has 0 heterocycles. The van der Waals surface area contributed by atoms with E-state index in [-0.39, 0.29) is 16.6 Å². The van der Waals surface area contributed by atoms with E-state index in [1.54, 1.807) is 0 Å². The summed E-state index contributed by atoms with van der Waals surface area (Å²) >= 11 is 0. The summed E-state index contributed by atoms with van der Waals surface area (Å²) in [6.45, 7) is 20.2. The molecule has 0 saturated heterocycles. The van der Waals surface area contributed by atoms with Gasteiger partial charge in [0.15, 0.2) is 0 Å². The van der Waals surface area contributed by atoms with Crippen LogP contribution in [0.4, 0.5) is 0 Å². The van der Waals surface area contributed by atoms with Crippen LogP contribution < -0.4 is 4.43 Å². The second kappa shape index (κ2) is 9.03. The van der Waals surface area contributed by atoms with Gasteiger partial charge in [-0.3, -0.25) is 4.57 Å². The number of rotatable bonds is 9. The molecule has 0 atom stereocenters. The molecular weight excluding hydrogens is 387 g/mol. The molecule has 0 aliphatic carbocycles. The molecule has 0 N–H and O–H groups in total. The second-order valence-corrected chi connectivity index (χ2v) is 16.9. The maximum Gasteiger partial charge on any atom is 0.334 e. The Hall–Kier alpha value is -0.613. The summed E-state index contributed by atoms with van der Waals surface area (Å²) in [4.78, 5) is 0. The van der Waals surface area contributed by atoms with E-state index >= 15 is 0 Å². The van der Waals surface area contributed by atoms with Crippen LogP contribution in [0.5, 0.6) is 5.75 Å². The Morgan fingerprint density at radius 2 is 1.57 bits per heavy atom. The summed E-state index contributed by atoms with van der Waals surface area (Å²) in [7, 11) is -2.30. The molecule has 0 unspecified atom stereocenters. The molecule has 0 saturated carbocycles. The van der Waals surface area contributed by atoms with E-state index < -0.39 is 15.9 Å². The van der Waals surface area contributed by atoms with Crippen molar-refractivity contribution < 1.29 is 18.0 Å². The number of aryl methyl sites for hydroxylation is 1. The first kappa shape index (κ1) is 25.4. The maximum absolute atomic E-state index is 12.7. The first-order valence-corrected chi connectivity index (χ1v) is 14.8. The molecule has 0 fully saturated rings. The van der Waals surface area contributed by atoms with Gasteiger partial charge in [-0.15, -0.1) is 0 Å². The summed E-state index contributed by atoms with van der Waals surface area (Å²) < 4.78 is 29.8. The predicted molar refractivity (Wildman–Crippen MR) is 122 cm³/mol. The van der Waals surface area contributed by atoms with E-state index in [2.05, 4.69) is 73.7 Å². The van der Waals surface area contributed by atoms with Crippen LogP contribution in [0, 0.1) is 6.92 Å². The molecule has 0 aliphatic heterocycles. The number of hydrogen-bond acceptors (Lipinski definition) is 4. The minimum absolute atomic E-state index is 0.00126. The van der Waals surface area contributed by atoms with Crippen LogP contribution in [0.15, 0.2) is 12.1 Å². The minimum atomic E-state index is -3.14. The van der Waals surface area contributed by atoms with E-state index in [4.69, 9.17) is 13.5 Å². The van der Waals surface area contributed by atoms with Crippen molar-refractivity contribution in [3.8, 4) is 5.75 Å². The van der Waals surface area contributed by atoms with Gasteiger partial charge in [0, 0.05) is 19.8 Å². The van der Waals surface area contributed by atoms with Crippen LogP contribution >= 0.6 is 7.60 Å². The smallest absolute Gasteiger partial charge is 0.334 e. The topological polar surface area (TPSA) is 44.8 Å². The molecule has 1 aromatic rings. The fraction of sp³-hybridized carbons (Fsp3) is 0.727. The third kappa shape index (κ3) is 5.95. The van der Waals surface area contributed by atoms with Crippen LogP contribution in [0.2, 0.25) is 18.1 Å². The fourth-order valence-corrected chi connectivity index (χ4v) is 5.53. The summed E-state index contributed by atoms with van der Waals surface area (Å²) in [5.74, 6) is 0.929. The van der Waals surface area contributed by atoms with Gasteiger partial charge in [-0.25, -0.2) is 0 Å². The number of benzene rings is 1. The maximum atomic E-state index is 12.7. The van der Waals surface area contributed by atoms with Gasteiger partial charge in [-0.2, -0.15) is 0 Å². The molecule has 1 rings (SSSR count). The van der Waals surface area contributed by atoms with Gasteiger partial charge >= 0.3 is 7.60 Å². The first-order chi connectivity index (χ1) is 12.6. The summed E-state index contributed by atoms with van der Waals surface area (Å²) in [6, 6.07) is 4.17. The molecule has 0 bridgehead atoms. The molecule has 0 radical (unpaired) electrons. The van der Waals surface area contributed by atoms with E-state index in [1.807, 2.05) is 0 Å². The summed E-state index contributed by atoms with van der Waals surface area (Å²) in [5, 5.41) is 0.0947. The molecule has 0 aromatic heterocycles. The SMILES string of the molecule is CCCC(C)(C)c1c(C)cc(CP(=O)(OC)OC)cc1O[Si](C)(C)C(C)(C)C. The largest absolute Gasteiger partial charge is 0.543 e. The van der Waals surface area contributed by atoms with Crippen molar-refractivity contribution in [1.29, 1.82) is 0 Å². The van der Waals surface area contributed by atoms with Crippen LogP contribution in [0.1, 0.15) is 71.1 Å². The molecule has 4 nitrogen and oxygen atoms in total. The highest BCUT2D eigenvalue weighted by molar-refractivity contribution is 7.52. The predicted octanol–water partition coefficient (Wildman–Crippen LogP) is 7.44. The molecule has 0 aliphatic rings. The lowest BCUT2D eigenvalue weighted by molar-refractivity contribution is 0.275. The van der Waals surface area contributed by atoms with Crippen LogP contribution in [0.25, 0.3) is 0 Å². The Morgan fingerprint density at radius 3 is 2.00 bits per heavy atom. The zero-order chi connectivity index (χ0) is 22.0. The summed E-state index contributed by atoms with van der Waals surface area (Å²) in [6.07, 6.45) is 2.43. The normalized spacial score (nSPS) is 13.7. The Kier molecular flexibility index (Phi) is 8.20. The van der Waals surface area contributed by atoms with Gasteiger partial charge in [0.05, 0.1) is 6.16 Å². The van der Waals surface area contributed by atoms with Crippen molar-refractivity contribution in [2.45, 2.75) is 91.0 Å². The highest BCUT2D eigenvalue weighted by atomic mass is 31.2. The van der Waals surface area contributed by atoms with Crippen molar-refractivity contribution in [3.05, 3.63) is 28.8 Å². The Labute approximate surface area is 174 Å². The molecule has 0 amide bonds. The highest BCUT2D eigenvalue weighted by Crippen LogP contribution is 2.51. The van der Waals surface area contributed by atoms with Gasteiger partial charge in [0.2, 0.25) is 8.32 Å². The molecular formula is C22H41O4PSi. The van der Waals surface area contributed by atoms with Crippen LogP contribution in [-0.4, -0.2) is 22.5 Å². The Bertz CT molecular complexity index is 712. The molecule has 6 heteroatoms. The average molecular weight is 429 g/mol. The average Bonchev–Trinajstić information content (AvgIpc) is 2.52. The monoisotopic (exact) mass is 428 g/mol. The summed E-state index contributed by atoms with van der Waals surface area (Å²) in [5.41, 5.74) is 3.35. The lowest BCUT2D eigenvalue weighted by atomic mass is 9.77. The molecule has 162 valence electrons. The Balaban J connectivity index is 3.59. The lowest BCUT2D eigenvalue weighted by Crippen LogP contribution is -2.44. The zero-order valence-corrected chi connectivity index (χ0v) is 21.8. The van der Waals surface area contributed by atoms with E-state index in [9.17, 15) is 4.57 Å². The van der Waals surface area contributed by atoms with Crippen molar-refractivity contribution in [2.75, 3.05) is 14.2 Å². The fourth-order valence-electron chi connectivity index (χ4n) is 3.47. The standard InChI is InChI=1S/C22H41O4PSi/c1-12-13-22(6,7)20-17(2)14-18(16-27(23,24-8)25-9)15-19(20)26-28(10,11)21(3,4)5/h14-15H,12-13,16H2,1-11H3. The van der Waals surface area contributed by atoms with Gasteiger partial charge in [0.1, 0.15) is 5.75 Å². The van der Waals surface area contributed by atoms with Gasteiger partial charge in [-0.1, -0.05) is 54.0 Å². The minimum Gasteiger partial charge on any atom is -0.543 e. The van der Waals surface area contributed by atoms with Crippen LogP contribution in [0.3, 0.4) is 0 Å². The van der Waals surface area contributed by atoms with Crippen molar-refractivity contribution >= 4 is 15.9 Å². The van der Waals surface area contributed by atoms with E-state index in [1.165, 1.54) is 25.3 Å². The lowest BCUT2D eigenvalue weighted by Gasteiger charge is -2.39. The van der Waals surface area contributed by atoms with Crippen molar-refractivity contribution in [3.63, 3.8) is 0 Å². The van der Waals surface area contributed by atoms with Gasteiger partial charge in [-0.05, 0) is 54.1 Å². The second-order valence-electron chi connectivity index (χ2n) is 9.92. The van der Waals surface area contributed by atoms with Gasteiger partial charge < -0.3 is 13.5 Å². The third-order valence-electron chi connectivity index (χ3n) is 6.01. The van der Waals surface area contributed by atoms with Crippen LogP contribution in [-0.2, 0) is 25.2 Å². The Morgan fingerprint density at radius 1 is 1.04 bits per heavy atom. The van der Waals surface area contributed by atoms with E-state index in [0.29, 0.717) is 0 Å². The zero-order valence-electron chi connectivity index (χ0n) is 19.9. The molecule has 1 aromatic carbocycles. The van der Waals surface area contributed by atoms with Crippen molar-refractivity contribution in [2.24, 2.45) is 0 Å². The van der Waals surface area contributed by atoms with Crippen molar-refractivity contribution in [1.82, 2.24) is 0 Å². The van der Waals surface area contributed by atoms with Gasteiger partial charge in [0.25, 0.3) is 0 Å². The van der Waals surface area contributed by atoms with E-state index in [0.717, 1.165) is 24.2 Å². The third-order valence-corrected chi connectivity index (χ3v) is 12.2. The quantitative estimate of drug-likeness (QED) is 0.303. The molecule has 0 spiro atoms.